The van der Waals surface area contributed by atoms with E-state index < -0.39 is 15.8 Å². The average Bonchev–Trinajstić information content (AvgIpc) is 2.54. The normalized spacial score (nSPS) is 11.0. The van der Waals surface area contributed by atoms with Crippen LogP contribution < -0.4 is 0 Å². The summed E-state index contributed by atoms with van der Waals surface area (Å²) in [4.78, 5) is 27.5. The van der Waals surface area contributed by atoms with Crippen molar-refractivity contribution in [1.82, 2.24) is 4.98 Å². The van der Waals surface area contributed by atoms with E-state index in [0.29, 0.717) is 11.1 Å². The van der Waals surface area contributed by atoms with Crippen molar-refractivity contribution in [3.63, 3.8) is 0 Å². The summed E-state index contributed by atoms with van der Waals surface area (Å²) in [5.41, 5.74) is 1.19. The van der Waals surface area contributed by atoms with Gasteiger partial charge in [0.1, 0.15) is 5.69 Å². The lowest BCUT2D eigenvalue weighted by molar-refractivity contribution is 0.0593. The molecule has 0 saturated carbocycles. The zero-order valence-corrected chi connectivity index (χ0v) is 13.5. The molecule has 0 radical (unpaired) electrons. The van der Waals surface area contributed by atoms with Crippen LogP contribution in [0.25, 0.3) is 0 Å². The predicted octanol–water partition coefficient (Wildman–Crippen LogP) is 1.70. The number of Topliss-reactive ketones (excluding diaryl/α,β-unsaturated/α-hetero) is 1. The Kier molecular flexibility index (Phi) is 4.90. The van der Waals surface area contributed by atoms with E-state index in [1.807, 2.05) is 0 Å². The molecule has 0 saturated heterocycles. The molecule has 0 atom stereocenters. The Bertz CT molecular complexity index is 824. The van der Waals surface area contributed by atoms with Gasteiger partial charge in [-0.3, -0.25) is 4.79 Å². The number of nitrogens with zero attached hydrogens (tertiary/aromatic N) is 1. The third-order valence-corrected chi connectivity index (χ3v) is 4.32. The van der Waals surface area contributed by atoms with E-state index in [0.717, 1.165) is 6.26 Å². The van der Waals surface area contributed by atoms with Crippen molar-refractivity contribution in [2.45, 2.75) is 11.3 Å². The van der Waals surface area contributed by atoms with Crippen molar-refractivity contribution in [2.75, 3.05) is 13.4 Å². The lowest BCUT2D eigenvalue weighted by atomic mass is 10.0. The summed E-state index contributed by atoms with van der Waals surface area (Å²) < 4.78 is 27.3. The number of carbonyl (C=O) groups is 2. The minimum Gasteiger partial charge on any atom is -0.464 e. The molecule has 23 heavy (non-hydrogen) atoms. The first-order chi connectivity index (χ1) is 10.8. The van der Waals surface area contributed by atoms with Crippen LogP contribution in [0, 0.1) is 0 Å². The standard InChI is InChI=1S/C16H15NO5S/c1-22-16(19)14-8-5-12(10-17-14)15(18)9-11-3-6-13(7-4-11)23(2,20)21/h3-8,10H,9H2,1-2H3. The molecule has 0 fully saturated rings. The van der Waals surface area contributed by atoms with Crippen LogP contribution in [0.3, 0.4) is 0 Å². The number of sulfone groups is 1. The number of ketones is 1. The minimum absolute atomic E-state index is 0.114. The Morgan fingerprint density at radius 2 is 1.74 bits per heavy atom. The molecule has 0 aliphatic carbocycles. The maximum Gasteiger partial charge on any atom is 0.356 e. The quantitative estimate of drug-likeness (QED) is 0.611. The molecule has 2 aromatic rings. The number of esters is 1. The Hall–Kier alpha value is -2.54. The van der Waals surface area contributed by atoms with Gasteiger partial charge in [0, 0.05) is 24.4 Å². The first kappa shape index (κ1) is 16.8. The Labute approximate surface area is 134 Å². The van der Waals surface area contributed by atoms with Crippen molar-refractivity contribution in [3.05, 3.63) is 59.4 Å². The first-order valence-corrected chi connectivity index (χ1v) is 8.57. The van der Waals surface area contributed by atoms with Crippen molar-refractivity contribution in [2.24, 2.45) is 0 Å². The fourth-order valence-corrected chi connectivity index (χ4v) is 2.56. The predicted molar refractivity (Wildman–Crippen MR) is 83.2 cm³/mol. The van der Waals surface area contributed by atoms with E-state index in [1.54, 1.807) is 12.1 Å². The van der Waals surface area contributed by atoms with Gasteiger partial charge < -0.3 is 4.74 Å². The van der Waals surface area contributed by atoms with Gasteiger partial charge in [-0.05, 0) is 29.8 Å². The van der Waals surface area contributed by atoms with Gasteiger partial charge in [-0.15, -0.1) is 0 Å². The molecule has 0 spiro atoms. The van der Waals surface area contributed by atoms with Gasteiger partial charge in [-0.25, -0.2) is 18.2 Å². The fourth-order valence-electron chi connectivity index (χ4n) is 1.93. The van der Waals surface area contributed by atoms with Crippen LogP contribution >= 0.6 is 0 Å². The van der Waals surface area contributed by atoms with Crippen LogP contribution in [0.2, 0.25) is 0 Å². The third kappa shape index (κ3) is 4.23. The van der Waals surface area contributed by atoms with Gasteiger partial charge in [0.05, 0.1) is 12.0 Å². The molecular weight excluding hydrogens is 318 g/mol. The van der Waals surface area contributed by atoms with Crippen LogP contribution in [-0.4, -0.2) is 38.5 Å². The van der Waals surface area contributed by atoms with Gasteiger partial charge in [-0.1, -0.05) is 12.1 Å². The van der Waals surface area contributed by atoms with Crippen LogP contribution in [-0.2, 0) is 21.0 Å². The topological polar surface area (TPSA) is 90.4 Å². The summed E-state index contributed by atoms with van der Waals surface area (Å²) in [6.07, 6.45) is 2.56. The van der Waals surface area contributed by atoms with Gasteiger partial charge in [-0.2, -0.15) is 0 Å². The Morgan fingerprint density at radius 3 is 2.22 bits per heavy atom. The second-order valence-corrected chi connectivity index (χ2v) is 6.96. The SMILES string of the molecule is COC(=O)c1ccc(C(=O)Cc2ccc(S(C)(=O)=O)cc2)cn1. The molecule has 0 aliphatic heterocycles. The molecule has 2 rings (SSSR count). The molecule has 0 N–H and O–H groups in total. The van der Waals surface area contributed by atoms with E-state index in [4.69, 9.17) is 0 Å². The van der Waals surface area contributed by atoms with E-state index in [1.165, 1.54) is 37.6 Å². The number of pyridine rings is 1. The summed E-state index contributed by atoms with van der Waals surface area (Å²) in [6.45, 7) is 0. The Morgan fingerprint density at radius 1 is 1.09 bits per heavy atom. The van der Waals surface area contributed by atoms with Crippen LogP contribution in [0.15, 0.2) is 47.5 Å². The second kappa shape index (κ2) is 6.70. The van der Waals surface area contributed by atoms with E-state index in [2.05, 4.69) is 9.72 Å². The molecule has 6 nitrogen and oxygen atoms in total. The summed E-state index contributed by atoms with van der Waals surface area (Å²) in [5.74, 6) is -0.749. The molecule has 1 aromatic heterocycles. The molecule has 0 unspecified atom stereocenters. The minimum atomic E-state index is -3.25. The van der Waals surface area contributed by atoms with Gasteiger partial charge >= 0.3 is 5.97 Å². The maximum atomic E-state index is 12.2. The van der Waals surface area contributed by atoms with Crippen LogP contribution in [0.1, 0.15) is 26.4 Å². The molecular formula is C16H15NO5S. The van der Waals surface area contributed by atoms with E-state index >= 15 is 0 Å². The number of carbonyl (C=O) groups excluding carboxylic acids is 2. The molecule has 1 heterocycles. The second-order valence-electron chi connectivity index (χ2n) is 4.94. The zero-order chi connectivity index (χ0) is 17.0. The number of hydrogen-bond donors (Lipinski definition) is 0. The van der Waals surface area contributed by atoms with Crippen LogP contribution in [0.4, 0.5) is 0 Å². The molecule has 0 bridgehead atoms. The lowest BCUT2D eigenvalue weighted by Crippen LogP contribution is -2.08. The zero-order valence-electron chi connectivity index (χ0n) is 12.6. The number of methoxy groups -OCH3 is 1. The maximum absolute atomic E-state index is 12.2. The molecule has 7 heteroatoms. The van der Waals surface area contributed by atoms with E-state index in [9.17, 15) is 18.0 Å². The highest BCUT2D eigenvalue weighted by Crippen LogP contribution is 2.13. The number of rotatable bonds is 5. The Balaban J connectivity index is 2.11. The number of benzene rings is 1. The molecule has 0 amide bonds. The number of ether oxygens (including phenoxy) is 1. The molecule has 1 aromatic carbocycles. The number of hydrogen-bond acceptors (Lipinski definition) is 6. The highest BCUT2D eigenvalue weighted by Gasteiger charge is 2.12. The van der Waals surface area contributed by atoms with Crippen molar-refractivity contribution < 1.29 is 22.7 Å². The average molecular weight is 333 g/mol. The van der Waals surface area contributed by atoms with Gasteiger partial charge in [0.25, 0.3) is 0 Å². The highest BCUT2D eigenvalue weighted by atomic mass is 32.2. The fraction of sp³-hybridized carbons (Fsp3) is 0.188. The van der Waals surface area contributed by atoms with Crippen molar-refractivity contribution >= 4 is 21.6 Å². The highest BCUT2D eigenvalue weighted by molar-refractivity contribution is 7.90. The van der Waals surface area contributed by atoms with Gasteiger partial charge in [0.2, 0.25) is 0 Å². The smallest absolute Gasteiger partial charge is 0.356 e. The summed E-state index contributed by atoms with van der Waals surface area (Å²) in [7, 11) is -2.00. The first-order valence-electron chi connectivity index (χ1n) is 6.68. The van der Waals surface area contributed by atoms with Crippen molar-refractivity contribution in [3.8, 4) is 0 Å². The lowest BCUT2D eigenvalue weighted by Gasteiger charge is -2.04. The van der Waals surface area contributed by atoms with Crippen LogP contribution in [0.5, 0.6) is 0 Å². The largest absolute Gasteiger partial charge is 0.464 e. The summed E-state index contributed by atoms with van der Waals surface area (Å²) >= 11 is 0. The monoisotopic (exact) mass is 333 g/mol. The van der Waals surface area contributed by atoms with Crippen molar-refractivity contribution in [1.29, 1.82) is 0 Å². The van der Waals surface area contributed by atoms with E-state index in [-0.39, 0.29) is 22.8 Å². The summed E-state index contributed by atoms with van der Waals surface area (Å²) in [5, 5.41) is 0. The third-order valence-electron chi connectivity index (χ3n) is 3.20. The van der Waals surface area contributed by atoms with Gasteiger partial charge in [0.15, 0.2) is 15.6 Å². The summed E-state index contributed by atoms with van der Waals surface area (Å²) in [6, 6.07) is 9.07. The molecule has 0 aliphatic rings. The number of aromatic nitrogens is 1. The molecule has 120 valence electrons.